The van der Waals surface area contributed by atoms with Crippen LogP contribution in [0, 0.1) is 0 Å². The minimum Gasteiger partial charge on any atom is -0.497 e. The monoisotopic (exact) mass is 334 g/mol. The van der Waals surface area contributed by atoms with Gasteiger partial charge in [-0.2, -0.15) is 5.10 Å². The third-order valence-corrected chi connectivity index (χ3v) is 3.32. The molecule has 2 aromatic carbocycles. The summed E-state index contributed by atoms with van der Waals surface area (Å²) in [7, 11) is 3.20. The Kier molecular flexibility index (Phi) is 6.11. The molecule has 0 fully saturated rings. The molecule has 0 atom stereocenters. The van der Waals surface area contributed by atoms with Crippen molar-refractivity contribution in [1.82, 2.24) is 0 Å². The number of methoxy groups -OCH3 is 2. The van der Waals surface area contributed by atoms with Crippen LogP contribution in [0.15, 0.2) is 41.5 Å². The number of nitrogens with one attached hydrogen (secondary N) is 1. The molecule has 2 aromatic rings. The van der Waals surface area contributed by atoms with E-state index in [-0.39, 0.29) is 0 Å². The van der Waals surface area contributed by atoms with Gasteiger partial charge < -0.3 is 14.2 Å². The molecule has 0 heterocycles. The molecule has 0 spiro atoms. The predicted molar refractivity (Wildman–Crippen MR) is 93.4 cm³/mol. The smallest absolute Gasteiger partial charge is 0.179 e. The fraction of sp³-hybridized carbons (Fsp3) is 0.235. The van der Waals surface area contributed by atoms with Crippen LogP contribution in [0.25, 0.3) is 0 Å². The van der Waals surface area contributed by atoms with Gasteiger partial charge in [0.25, 0.3) is 0 Å². The molecule has 23 heavy (non-hydrogen) atoms. The zero-order valence-electron chi connectivity index (χ0n) is 13.3. The Labute approximate surface area is 140 Å². The molecule has 0 aliphatic carbocycles. The topological polar surface area (TPSA) is 52.1 Å². The summed E-state index contributed by atoms with van der Waals surface area (Å²) in [6.07, 6.45) is 1.66. The summed E-state index contributed by atoms with van der Waals surface area (Å²) in [6.45, 7) is 2.41. The van der Waals surface area contributed by atoms with E-state index in [0.717, 1.165) is 17.0 Å². The van der Waals surface area contributed by atoms with Gasteiger partial charge in [-0.3, -0.25) is 5.43 Å². The van der Waals surface area contributed by atoms with E-state index in [1.165, 1.54) is 0 Å². The fourth-order valence-corrected chi connectivity index (χ4v) is 2.22. The maximum Gasteiger partial charge on any atom is 0.179 e. The Morgan fingerprint density at radius 3 is 2.48 bits per heavy atom. The van der Waals surface area contributed by atoms with Crippen molar-refractivity contribution in [3.63, 3.8) is 0 Å². The number of halogens is 1. The van der Waals surface area contributed by atoms with Crippen LogP contribution in [0.2, 0.25) is 5.02 Å². The standard InChI is InChI=1S/C17H19ClN2O3/c1-4-23-17-15(18)9-12(10-16(17)22-3)11-19-20-13-5-7-14(21-2)8-6-13/h5-11,20H,4H2,1-3H3/b19-11+. The number of nitrogens with zero attached hydrogens (tertiary/aromatic N) is 1. The summed E-state index contributed by atoms with van der Waals surface area (Å²) in [5, 5.41) is 4.67. The number of ether oxygens (including phenoxy) is 3. The Hall–Kier alpha value is -2.40. The highest BCUT2D eigenvalue weighted by Crippen LogP contribution is 2.36. The number of hydrogen-bond acceptors (Lipinski definition) is 5. The third-order valence-electron chi connectivity index (χ3n) is 3.04. The second-order valence-electron chi connectivity index (χ2n) is 4.57. The number of hydrogen-bond donors (Lipinski definition) is 1. The summed E-state index contributed by atoms with van der Waals surface area (Å²) in [6, 6.07) is 11.1. The van der Waals surface area contributed by atoms with E-state index in [0.29, 0.717) is 23.1 Å². The van der Waals surface area contributed by atoms with Crippen molar-refractivity contribution in [2.45, 2.75) is 6.92 Å². The van der Waals surface area contributed by atoms with Crippen molar-refractivity contribution in [3.8, 4) is 17.2 Å². The summed E-state index contributed by atoms with van der Waals surface area (Å²) in [5.74, 6) is 1.91. The van der Waals surface area contributed by atoms with E-state index in [9.17, 15) is 0 Å². The van der Waals surface area contributed by atoms with Gasteiger partial charge in [0.1, 0.15) is 5.75 Å². The highest BCUT2D eigenvalue weighted by Gasteiger charge is 2.10. The number of anilines is 1. The first-order valence-electron chi connectivity index (χ1n) is 7.11. The molecule has 0 aliphatic heterocycles. The first-order valence-corrected chi connectivity index (χ1v) is 7.49. The normalized spacial score (nSPS) is 10.6. The SMILES string of the molecule is CCOc1c(Cl)cc(/C=N/Nc2ccc(OC)cc2)cc1OC. The van der Waals surface area contributed by atoms with Crippen LogP contribution in [-0.2, 0) is 0 Å². The molecule has 1 N–H and O–H groups in total. The number of hydrazone groups is 1. The Balaban J connectivity index is 2.10. The van der Waals surface area contributed by atoms with Crippen LogP contribution < -0.4 is 19.6 Å². The lowest BCUT2D eigenvalue weighted by molar-refractivity contribution is 0.311. The zero-order chi connectivity index (χ0) is 16.7. The average Bonchev–Trinajstić information content (AvgIpc) is 2.57. The van der Waals surface area contributed by atoms with E-state index in [1.54, 1.807) is 26.5 Å². The van der Waals surface area contributed by atoms with Gasteiger partial charge >= 0.3 is 0 Å². The highest BCUT2D eigenvalue weighted by atomic mass is 35.5. The molecule has 0 amide bonds. The van der Waals surface area contributed by atoms with Crippen LogP contribution in [0.5, 0.6) is 17.2 Å². The lowest BCUT2D eigenvalue weighted by atomic mass is 10.2. The minimum absolute atomic E-state index is 0.483. The van der Waals surface area contributed by atoms with Gasteiger partial charge in [-0.1, -0.05) is 11.6 Å². The molecule has 0 saturated heterocycles. The van der Waals surface area contributed by atoms with Crippen LogP contribution in [-0.4, -0.2) is 27.0 Å². The molecule has 0 aromatic heterocycles. The van der Waals surface area contributed by atoms with E-state index >= 15 is 0 Å². The van der Waals surface area contributed by atoms with Crippen molar-refractivity contribution < 1.29 is 14.2 Å². The maximum absolute atomic E-state index is 6.22. The van der Waals surface area contributed by atoms with Gasteiger partial charge in [-0.15, -0.1) is 0 Å². The van der Waals surface area contributed by atoms with Crippen LogP contribution >= 0.6 is 11.6 Å². The first kappa shape index (κ1) is 17.0. The van der Waals surface area contributed by atoms with E-state index in [2.05, 4.69) is 10.5 Å². The molecule has 2 rings (SSSR count). The molecule has 5 nitrogen and oxygen atoms in total. The van der Waals surface area contributed by atoms with E-state index < -0.39 is 0 Å². The molecular weight excluding hydrogens is 316 g/mol. The maximum atomic E-state index is 6.22. The summed E-state index contributed by atoms with van der Waals surface area (Å²) >= 11 is 6.22. The molecular formula is C17H19ClN2O3. The molecule has 0 saturated carbocycles. The molecule has 0 aliphatic rings. The van der Waals surface area contributed by atoms with Crippen molar-refractivity contribution in [2.24, 2.45) is 5.10 Å². The van der Waals surface area contributed by atoms with Gasteiger partial charge in [0.2, 0.25) is 0 Å². The van der Waals surface area contributed by atoms with Crippen molar-refractivity contribution >= 4 is 23.5 Å². The molecule has 6 heteroatoms. The van der Waals surface area contributed by atoms with Crippen molar-refractivity contribution in [3.05, 3.63) is 47.0 Å². The molecule has 122 valence electrons. The second kappa shape index (κ2) is 8.29. The van der Waals surface area contributed by atoms with Crippen molar-refractivity contribution in [1.29, 1.82) is 0 Å². The lowest BCUT2D eigenvalue weighted by Crippen LogP contribution is -1.98. The molecule has 0 unspecified atom stereocenters. The Morgan fingerprint density at radius 2 is 1.87 bits per heavy atom. The van der Waals surface area contributed by atoms with E-state index in [1.807, 2.05) is 37.3 Å². The van der Waals surface area contributed by atoms with Crippen LogP contribution in [0.4, 0.5) is 5.69 Å². The molecule has 0 radical (unpaired) electrons. The Morgan fingerprint density at radius 1 is 1.13 bits per heavy atom. The summed E-state index contributed by atoms with van der Waals surface area (Å²) in [5.41, 5.74) is 4.59. The van der Waals surface area contributed by atoms with E-state index in [4.69, 9.17) is 25.8 Å². The first-order chi connectivity index (χ1) is 11.2. The number of benzene rings is 2. The van der Waals surface area contributed by atoms with Crippen LogP contribution in [0.3, 0.4) is 0 Å². The lowest BCUT2D eigenvalue weighted by Gasteiger charge is -2.11. The second-order valence-corrected chi connectivity index (χ2v) is 4.97. The zero-order valence-corrected chi connectivity index (χ0v) is 14.1. The van der Waals surface area contributed by atoms with Gasteiger partial charge in [-0.25, -0.2) is 0 Å². The van der Waals surface area contributed by atoms with Crippen LogP contribution in [0.1, 0.15) is 12.5 Å². The van der Waals surface area contributed by atoms with Gasteiger partial charge in [0, 0.05) is 0 Å². The summed E-state index contributed by atoms with van der Waals surface area (Å²) in [4.78, 5) is 0. The van der Waals surface area contributed by atoms with Gasteiger partial charge in [0.15, 0.2) is 11.5 Å². The quantitative estimate of drug-likeness (QED) is 0.609. The van der Waals surface area contributed by atoms with Crippen molar-refractivity contribution in [2.75, 3.05) is 26.3 Å². The third kappa shape index (κ3) is 4.53. The number of rotatable bonds is 7. The molecule has 0 bridgehead atoms. The van der Waals surface area contributed by atoms with Gasteiger partial charge in [0.05, 0.1) is 37.8 Å². The summed E-state index contributed by atoms with van der Waals surface area (Å²) < 4.78 is 15.9. The largest absolute Gasteiger partial charge is 0.497 e. The predicted octanol–water partition coefficient (Wildman–Crippen LogP) is 4.20. The fourth-order valence-electron chi connectivity index (χ4n) is 1.95. The highest BCUT2D eigenvalue weighted by molar-refractivity contribution is 6.32. The average molecular weight is 335 g/mol. The van der Waals surface area contributed by atoms with Gasteiger partial charge in [-0.05, 0) is 48.9 Å². The Bertz CT molecular complexity index is 672. The minimum atomic E-state index is 0.483.